The van der Waals surface area contributed by atoms with E-state index in [-0.39, 0.29) is 28.2 Å². The minimum Gasteiger partial charge on any atom is -0.480 e. The van der Waals surface area contributed by atoms with E-state index in [0.717, 1.165) is 11.1 Å². The third-order valence-corrected chi connectivity index (χ3v) is 6.09. The number of aliphatic carboxylic acids is 1. The van der Waals surface area contributed by atoms with Gasteiger partial charge in [0.15, 0.2) is 11.4 Å². The number of furan rings is 1. The van der Waals surface area contributed by atoms with E-state index in [1.807, 2.05) is 11.0 Å². The molecule has 1 aliphatic rings. The van der Waals surface area contributed by atoms with Gasteiger partial charge in [0.05, 0.1) is 23.2 Å². The van der Waals surface area contributed by atoms with Gasteiger partial charge in [-0.2, -0.15) is 0 Å². The van der Waals surface area contributed by atoms with Crippen molar-refractivity contribution in [1.82, 2.24) is 9.88 Å². The van der Waals surface area contributed by atoms with Gasteiger partial charge in [0, 0.05) is 35.4 Å². The van der Waals surface area contributed by atoms with Gasteiger partial charge in [-0.05, 0) is 31.1 Å². The molecule has 3 aromatic rings. The summed E-state index contributed by atoms with van der Waals surface area (Å²) in [5.41, 5.74) is 8.61. The van der Waals surface area contributed by atoms with Gasteiger partial charge in [-0.3, -0.25) is 9.69 Å². The summed E-state index contributed by atoms with van der Waals surface area (Å²) in [5, 5.41) is 9.81. The summed E-state index contributed by atoms with van der Waals surface area (Å²) in [4.78, 5) is 17.0. The van der Waals surface area contributed by atoms with Crippen molar-refractivity contribution in [3.63, 3.8) is 0 Å². The Bertz CT molecular complexity index is 1230. The van der Waals surface area contributed by atoms with E-state index < -0.39 is 17.9 Å². The Kier molecular flexibility index (Phi) is 6.28. The average molecular weight is 480 g/mol. The normalized spacial score (nSPS) is 15.6. The number of hydrogen-bond acceptors (Lipinski definition) is 6. The van der Waals surface area contributed by atoms with Crippen LogP contribution in [0.1, 0.15) is 30.6 Å². The predicted molar refractivity (Wildman–Crippen MR) is 121 cm³/mol. The van der Waals surface area contributed by atoms with Crippen LogP contribution in [-0.2, 0) is 4.79 Å². The number of halogens is 3. The van der Waals surface area contributed by atoms with Gasteiger partial charge in [0.2, 0.25) is 5.75 Å². The van der Waals surface area contributed by atoms with E-state index in [0.29, 0.717) is 36.0 Å². The topological polar surface area (TPSA) is 102 Å². The smallest absolute Gasteiger partial charge is 0.317 e. The lowest BCUT2D eigenvalue weighted by Gasteiger charge is -2.24. The number of hydrogen-bond donors (Lipinski definition) is 2. The highest BCUT2D eigenvalue weighted by Gasteiger charge is 2.24. The van der Waals surface area contributed by atoms with Crippen molar-refractivity contribution >= 4 is 51.5 Å². The first kappa shape index (κ1) is 22.4. The first-order chi connectivity index (χ1) is 15.3. The molecule has 0 bridgehead atoms. The molecule has 0 unspecified atom stereocenters. The molecule has 3 N–H and O–H groups in total. The minimum atomic E-state index is -0.857. The fourth-order valence-corrected chi connectivity index (χ4v) is 4.46. The van der Waals surface area contributed by atoms with E-state index in [4.69, 9.17) is 43.2 Å². The lowest BCUT2D eigenvalue weighted by Crippen LogP contribution is -2.33. The van der Waals surface area contributed by atoms with Crippen LogP contribution in [-0.4, -0.2) is 40.6 Å². The van der Waals surface area contributed by atoms with Crippen LogP contribution < -0.4 is 10.5 Å². The summed E-state index contributed by atoms with van der Waals surface area (Å²) in [5.74, 6) is -1.14. The number of nitrogens with two attached hydrogens (primary N) is 1. The highest BCUT2D eigenvalue weighted by atomic mass is 35.5. The molecule has 3 heterocycles. The molecule has 1 atom stereocenters. The monoisotopic (exact) mass is 479 g/mol. The van der Waals surface area contributed by atoms with Gasteiger partial charge in [0.25, 0.3) is 0 Å². The Morgan fingerprint density at radius 3 is 2.91 bits per heavy atom. The third-order valence-electron chi connectivity index (χ3n) is 5.38. The molecule has 10 heteroatoms. The van der Waals surface area contributed by atoms with Gasteiger partial charge in [-0.15, -0.1) is 0 Å². The molecule has 1 aliphatic heterocycles. The van der Waals surface area contributed by atoms with Crippen molar-refractivity contribution in [3.05, 3.63) is 57.7 Å². The zero-order valence-electron chi connectivity index (χ0n) is 17.1. The van der Waals surface area contributed by atoms with Crippen molar-refractivity contribution in [1.29, 1.82) is 0 Å². The highest BCUT2D eigenvalue weighted by molar-refractivity contribution is 6.36. The van der Waals surface area contributed by atoms with Crippen molar-refractivity contribution in [2.75, 3.05) is 25.4 Å². The molecular formula is C22H20Cl2FN3O4. The van der Waals surface area contributed by atoms with Crippen LogP contribution in [0.5, 0.6) is 5.75 Å². The number of nitrogen functional groups attached to an aromatic ring is 1. The van der Waals surface area contributed by atoms with Crippen LogP contribution in [0, 0.1) is 5.82 Å². The maximum atomic E-state index is 14.0. The van der Waals surface area contributed by atoms with Crippen LogP contribution in [0.2, 0.25) is 10.0 Å². The predicted octanol–water partition coefficient (Wildman–Crippen LogP) is 5.17. The van der Waals surface area contributed by atoms with E-state index in [1.165, 1.54) is 12.1 Å². The maximum Gasteiger partial charge on any atom is 0.317 e. The largest absolute Gasteiger partial charge is 0.480 e. The third kappa shape index (κ3) is 4.26. The summed E-state index contributed by atoms with van der Waals surface area (Å²) in [6, 6.07) is 2.60. The fourth-order valence-electron chi connectivity index (χ4n) is 3.78. The number of carboxylic acids is 1. The Hall–Kier alpha value is -2.81. The molecule has 0 saturated carbocycles. The first-order valence-electron chi connectivity index (χ1n) is 9.85. The van der Waals surface area contributed by atoms with Gasteiger partial charge in [-0.1, -0.05) is 29.3 Å². The molecule has 2 aromatic heterocycles. The Morgan fingerprint density at radius 2 is 2.22 bits per heavy atom. The first-order valence-corrected chi connectivity index (χ1v) is 10.6. The van der Waals surface area contributed by atoms with E-state index in [2.05, 4.69) is 4.98 Å². The average Bonchev–Trinajstić information content (AvgIpc) is 3.17. The molecular weight excluding hydrogens is 460 g/mol. The molecule has 0 radical (unpaired) electrons. The molecule has 4 rings (SSSR count). The molecule has 0 spiro atoms. The molecule has 1 aromatic carbocycles. The van der Waals surface area contributed by atoms with Crippen molar-refractivity contribution < 1.29 is 23.4 Å². The SMILES string of the molecule is C[C@@H](Oc1c(N)ncc2c(C3=CCN(CC(=O)O)CC3)coc12)c1c(Cl)ccc(F)c1Cl. The molecule has 0 amide bonds. The number of ether oxygens (including phenoxy) is 1. The van der Waals surface area contributed by atoms with Crippen molar-refractivity contribution in [3.8, 4) is 5.75 Å². The minimum absolute atomic E-state index is 0.00488. The van der Waals surface area contributed by atoms with Crippen molar-refractivity contribution in [2.45, 2.75) is 19.4 Å². The lowest BCUT2D eigenvalue weighted by atomic mass is 9.99. The summed E-state index contributed by atoms with van der Waals surface area (Å²) < 4.78 is 25.8. The highest BCUT2D eigenvalue weighted by Crippen LogP contribution is 2.41. The zero-order valence-corrected chi connectivity index (χ0v) is 18.6. The quantitative estimate of drug-likeness (QED) is 0.470. The molecule has 0 aliphatic carbocycles. The van der Waals surface area contributed by atoms with Crippen LogP contribution in [0.3, 0.4) is 0 Å². The summed E-state index contributed by atoms with van der Waals surface area (Å²) in [6.45, 7) is 2.81. The molecule has 168 valence electrons. The molecule has 0 saturated heterocycles. The molecule has 32 heavy (non-hydrogen) atoms. The number of rotatable bonds is 6. The number of carbonyl (C=O) groups is 1. The number of pyridine rings is 1. The number of nitrogens with zero attached hydrogens (tertiary/aromatic N) is 2. The standard InChI is InChI=1S/C22H20Cl2FN3O4/c1-11(18-15(23)2-3-16(25)19(18)24)32-21-20-13(8-27-22(21)26)14(10-31-20)12-4-6-28(7-5-12)9-17(29)30/h2-4,8,10-11H,5-7,9H2,1H3,(H2,26,27)(H,29,30)/t11-/m1/s1. The summed E-state index contributed by atoms with van der Waals surface area (Å²) in [6.07, 6.45) is 5.11. The van der Waals surface area contributed by atoms with Gasteiger partial charge >= 0.3 is 5.97 Å². The Labute approximate surface area is 193 Å². The van der Waals surface area contributed by atoms with Crippen LogP contribution in [0.4, 0.5) is 10.2 Å². The Morgan fingerprint density at radius 1 is 1.44 bits per heavy atom. The second-order valence-corrected chi connectivity index (χ2v) is 8.28. The van der Waals surface area contributed by atoms with E-state index >= 15 is 0 Å². The molecule has 7 nitrogen and oxygen atoms in total. The second kappa shape index (κ2) is 8.97. The maximum absolute atomic E-state index is 14.0. The number of fused-ring (bicyclic) bond motifs is 1. The number of anilines is 1. The van der Waals surface area contributed by atoms with E-state index in [9.17, 15) is 9.18 Å². The summed E-state index contributed by atoms with van der Waals surface area (Å²) in [7, 11) is 0. The van der Waals surface area contributed by atoms with Crippen LogP contribution in [0.15, 0.2) is 35.1 Å². The van der Waals surface area contributed by atoms with Gasteiger partial charge in [-0.25, -0.2) is 9.37 Å². The Balaban J connectivity index is 1.66. The zero-order chi connectivity index (χ0) is 23.0. The van der Waals surface area contributed by atoms with Crippen LogP contribution in [0.25, 0.3) is 16.5 Å². The van der Waals surface area contributed by atoms with Gasteiger partial charge < -0.3 is 20.0 Å². The number of carboxylic acid groups (broad SMARTS) is 1. The van der Waals surface area contributed by atoms with Crippen LogP contribution >= 0.6 is 23.2 Å². The number of benzene rings is 1. The second-order valence-electron chi connectivity index (χ2n) is 7.49. The summed E-state index contributed by atoms with van der Waals surface area (Å²) >= 11 is 12.3. The fraction of sp³-hybridized carbons (Fsp3) is 0.273. The molecule has 0 fully saturated rings. The van der Waals surface area contributed by atoms with Crippen molar-refractivity contribution in [2.24, 2.45) is 0 Å². The van der Waals surface area contributed by atoms with E-state index in [1.54, 1.807) is 19.4 Å². The number of aromatic nitrogens is 1. The van der Waals surface area contributed by atoms with Gasteiger partial charge in [0.1, 0.15) is 11.9 Å². The lowest BCUT2D eigenvalue weighted by molar-refractivity contribution is -0.138.